The Morgan fingerprint density at radius 1 is 1.17 bits per heavy atom. The van der Waals surface area contributed by atoms with Gasteiger partial charge in [0.1, 0.15) is 0 Å². The number of carbonyl (C=O) groups is 1. The zero-order valence-corrected chi connectivity index (χ0v) is 13.6. The number of carbonyl (C=O) groups excluding carboxylic acids is 1. The van der Waals surface area contributed by atoms with Crippen molar-refractivity contribution in [3.05, 3.63) is 82.7 Å². The number of aryl methyl sites for hydroxylation is 1. The SMILES string of the molecule is Cc1cc(Cc2ccc(-n3cccn3)cc2)cc2c1CCNC2=O. The number of benzene rings is 2. The fourth-order valence-electron chi connectivity index (χ4n) is 3.35. The first-order chi connectivity index (χ1) is 11.7. The van der Waals surface area contributed by atoms with Gasteiger partial charge in [-0.25, -0.2) is 4.68 Å². The van der Waals surface area contributed by atoms with Crippen LogP contribution in [-0.4, -0.2) is 22.2 Å². The van der Waals surface area contributed by atoms with Crippen molar-refractivity contribution in [1.82, 2.24) is 15.1 Å². The molecular formula is C20H19N3O. The highest BCUT2D eigenvalue weighted by atomic mass is 16.1. The maximum atomic E-state index is 12.1. The first kappa shape index (κ1) is 14.7. The molecular weight excluding hydrogens is 298 g/mol. The van der Waals surface area contributed by atoms with E-state index in [1.54, 1.807) is 6.20 Å². The van der Waals surface area contributed by atoms with Crippen LogP contribution >= 0.6 is 0 Å². The Hall–Kier alpha value is -2.88. The van der Waals surface area contributed by atoms with Crippen LogP contribution in [0.2, 0.25) is 0 Å². The van der Waals surface area contributed by atoms with Gasteiger partial charge in [-0.1, -0.05) is 18.2 Å². The Balaban J connectivity index is 1.60. The maximum Gasteiger partial charge on any atom is 0.251 e. The van der Waals surface area contributed by atoms with Crippen LogP contribution in [0.15, 0.2) is 54.9 Å². The Kier molecular flexibility index (Phi) is 3.65. The van der Waals surface area contributed by atoms with E-state index in [0.29, 0.717) is 0 Å². The number of aromatic nitrogens is 2. The molecule has 1 aromatic heterocycles. The predicted octanol–water partition coefficient (Wildman–Crippen LogP) is 3.06. The molecule has 4 rings (SSSR count). The molecule has 0 atom stereocenters. The molecule has 4 heteroatoms. The molecule has 24 heavy (non-hydrogen) atoms. The summed E-state index contributed by atoms with van der Waals surface area (Å²) in [4.78, 5) is 12.1. The van der Waals surface area contributed by atoms with Crippen molar-refractivity contribution in [3.63, 3.8) is 0 Å². The highest BCUT2D eigenvalue weighted by Crippen LogP contribution is 2.22. The van der Waals surface area contributed by atoms with E-state index in [9.17, 15) is 4.79 Å². The quantitative estimate of drug-likeness (QED) is 0.807. The van der Waals surface area contributed by atoms with Gasteiger partial charge in [0, 0.05) is 24.5 Å². The molecule has 2 heterocycles. The molecule has 0 saturated heterocycles. The van der Waals surface area contributed by atoms with E-state index in [4.69, 9.17) is 0 Å². The van der Waals surface area contributed by atoms with E-state index in [0.717, 1.165) is 30.6 Å². The third-order valence-electron chi connectivity index (χ3n) is 4.55. The minimum atomic E-state index is 0.0511. The number of nitrogens with zero attached hydrogens (tertiary/aromatic N) is 2. The summed E-state index contributed by atoms with van der Waals surface area (Å²) in [5, 5.41) is 7.17. The zero-order valence-electron chi connectivity index (χ0n) is 13.6. The lowest BCUT2D eigenvalue weighted by Crippen LogP contribution is -2.32. The van der Waals surface area contributed by atoms with Gasteiger partial charge in [0.25, 0.3) is 5.91 Å². The van der Waals surface area contributed by atoms with Crippen molar-refractivity contribution < 1.29 is 4.79 Å². The molecule has 0 bridgehead atoms. The van der Waals surface area contributed by atoms with E-state index in [-0.39, 0.29) is 5.91 Å². The Morgan fingerprint density at radius 3 is 2.75 bits per heavy atom. The molecule has 4 nitrogen and oxygen atoms in total. The third kappa shape index (κ3) is 2.71. The first-order valence-electron chi connectivity index (χ1n) is 8.20. The van der Waals surface area contributed by atoms with Crippen LogP contribution in [0, 0.1) is 6.92 Å². The molecule has 0 saturated carbocycles. The van der Waals surface area contributed by atoms with Crippen LogP contribution in [-0.2, 0) is 12.8 Å². The van der Waals surface area contributed by atoms with Crippen molar-refractivity contribution in [1.29, 1.82) is 0 Å². The summed E-state index contributed by atoms with van der Waals surface area (Å²) in [6.45, 7) is 2.84. The highest BCUT2D eigenvalue weighted by Gasteiger charge is 2.19. The lowest BCUT2D eigenvalue weighted by atomic mass is 9.91. The molecule has 1 N–H and O–H groups in total. The second-order valence-electron chi connectivity index (χ2n) is 6.24. The predicted molar refractivity (Wildman–Crippen MR) is 93.6 cm³/mol. The fraction of sp³-hybridized carbons (Fsp3) is 0.200. The number of hydrogen-bond acceptors (Lipinski definition) is 2. The van der Waals surface area contributed by atoms with Gasteiger partial charge < -0.3 is 5.32 Å². The maximum absolute atomic E-state index is 12.1. The minimum absolute atomic E-state index is 0.0511. The molecule has 1 amide bonds. The molecule has 1 aliphatic heterocycles. The van der Waals surface area contributed by atoms with Gasteiger partial charge in [-0.05, 0) is 66.3 Å². The smallest absolute Gasteiger partial charge is 0.251 e. The van der Waals surface area contributed by atoms with Crippen LogP contribution in [0.3, 0.4) is 0 Å². The van der Waals surface area contributed by atoms with Crippen LogP contribution in [0.5, 0.6) is 0 Å². The topological polar surface area (TPSA) is 46.9 Å². The van der Waals surface area contributed by atoms with Crippen molar-refractivity contribution >= 4 is 5.91 Å². The molecule has 0 aliphatic carbocycles. The Labute approximate surface area is 141 Å². The van der Waals surface area contributed by atoms with Crippen LogP contribution in [0.25, 0.3) is 5.69 Å². The average Bonchev–Trinajstić information content (AvgIpc) is 3.11. The molecule has 0 spiro atoms. The summed E-state index contributed by atoms with van der Waals surface area (Å²) < 4.78 is 1.84. The summed E-state index contributed by atoms with van der Waals surface area (Å²) >= 11 is 0. The highest BCUT2D eigenvalue weighted by molar-refractivity contribution is 5.97. The zero-order chi connectivity index (χ0) is 16.5. The molecule has 2 aromatic carbocycles. The van der Waals surface area contributed by atoms with E-state index >= 15 is 0 Å². The summed E-state index contributed by atoms with van der Waals surface area (Å²) in [6, 6.07) is 14.5. The van der Waals surface area contributed by atoms with Gasteiger partial charge in [-0.2, -0.15) is 5.10 Å². The lowest BCUT2D eigenvalue weighted by molar-refractivity contribution is 0.0945. The second kappa shape index (κ2) is 5.96. The first-order valence-corrected chi connectivity index (χ1v) is 8.20. The molecule has 1 aliphatic rings. The lowest BCUT2D eigenvalue weighted by Gasteiger charge is -2.20. The van der Waals surface area contributed by atoms with Gasteiger partial charge in [0.15, 0.2) is 0 Å². The van der Waals surface area contributed by atoms with Crippen molar-refractivity contribution in [3.8, 4) is 5.69 Å². The van der Waals surface area contributed by atoms with Crippen LogP contribution in [0.1, 0.15) is 32.6 Å². The molecule has 0 unspecified atom stereocenters. The standard InChI is InChI=1S/C20H19N3O/c1-14-11-16(13-19-18(14)7-9-21-20(19)24)12-15-3-5-17(6-4-15)23-10-2-8-22-23/h2-6,8,10-11,13H,7,9,12H2,1H3,(H,21,24). The van der Waals surface area contributed by atoms with E-state index < -0.39 is 0 Å². The number of rotatable bonds is 3. The van der Waals surface area contributed by atoms with Gasteiger partial charge in [0.2, 0.25) is 0 Å². The largest absolute Gasteiger partial charge is 0.352 e. The van der Waals surface area contributed by atoms with E-state index in [1.165, 1.54) is 22.3 Å². The summed E-state index contributed by atoms with van der Waals surface area (Å²) in [5.41, 5.74) is 6.69. The Morgan fingerprint density at radius 2 is 2.00 bits per heavy atom. The van der Waals surface area contributed by atoms with Gasteiger partial charge >= 0.3 is 0 Å². The van der Waals surface area contributed by atoms with Gasteiger partial charge in [-0.15, -0.1) is 0 Å². The summed E-state index contributed by atoms with van der Waals surface area (Å²) in [7, 11) is 0. The van der Waals surface area contributed by atoms with Crippen molar-refractivity contribution in [2.24, 2.45) is 0 Å². The van der Waals surface area contributed by atoms with Gasteiger partial charge in [-0.3, -0.25) is 4.79 Å². The van der Waals surface area contributed by atoms with Gasteiger partial charge in [0.05, 0.1) is 5.69 Å². The second-order valence-corrected chi connectivity index (χ2v) is 6.24. The number of nitrogens with one attached hydrogen (secondary N) is 1. The van der Waals surface area contributed by atoms with Crippen LogP contribution in [0.4, 0.5) is 0 Å². The molecule has 120 valence electrons. The molecule has 0 radical (unpaired) electrons. The summed E-state index contributed by atoms with van der Waals surface area (Å²) in [6.07, 6.45) is 5.45. The summed E-state index contributed by atoms with van der Waals surface area (Å²) in [5.74, 6) is 0.0511. The average molecular weight is 317 g/mol. The van der Waals surface area contributed by atoms with Crippen LogP contribution < -0.4 is 5.32 Å². The number of fused-ring (bicyclic) bond motifs is 1. The number of hydrogen-bond donors (Lipinski definition) is 1. The van der Waals surface area contributed by atoms with Crippen molar-refractivity contribution in [2.45, 2.75) is 19.8 Å². The fourth-order valence-corrected chi connectivity index (χ4v) is 3.35. The molecule has 0 fully saturated rings. The van der Waals surface area contributed by atoms with Crippen molar-refractivity contribution in [2.75, 3.05) is 6.54 Å². The Bertz CT molecular complexity index is 880. The third-order valence-corrected chi connectivity index (χ3v) is 4.55. The van der Waals surface area contributed by atoms with E-state index in [1.807, 2.05) is 23.0 Å². The normalized spacial score (nSPS) is 13.5. The molecule has 3 aromatic rings. The minimum Gasteiger partial charge on any atom is -0.352 e. The number of amides is 1. The monoisotopic (exact) mass is 317 g/mol. The van der Waals surface area contributed by atoms with E-state index in [2.05, 4.69) is 47.7 Å².